The number of hydrogen-bond acceptors (Lipinski definition) is 3. The van der Waals surface area contributed by atoms with Crippen LogP contribution >= 0.6 is 0 Å². The zero-order valence-corrected chi connectivity index (χ0v) is 11.0. The van der Waals surface area contributed by atoms with Crippen molar-refractivity contribution in [2.24, 2.45) is 5.73 Å². The normalized spacial score (nSPS) is 22.4. The van der Waals surface area contributed by atoms with Gasteiger partial charge in [-0.05, 0) is 44.0 Å². The highest BCUT2D eigenvalue weighted by atomic mass is 15.2. The summed E-state index contributed by atoms with van der Waals surface area (Å²) in [6, 6.07) is 11.0. The van der Waals surface area contributed by atoms with Crippen LogP contribution in [0.15, 0.2) is 24.3 Å². The topological polar surface area (TPSA) is 53.0 Å². The van der Waals surface area contributed by atoms with Crippen LogP contribution in [0.1, 0.15) is 43.4 Å². The molecular weight excluding hydrogens is 222 g/mol. The molecule has 0 aliphatic carbocycles. The van der Waals surface area contributed by atoms with E-state index in [2.05, 4.69) is 30.0 Å². The summed E-state index contributed by atoms with van der Waals surface area (Å²) >= 11 is 0. The molecule has 3 heteroatoms. The van der Waals surface area contributed by atoms with E-state index in [0.29, 0.717) is 12.1 Å². The Morgan fingerprint density at radius 2 is 2.11 bits per heavy atom. The third kappa shape index (κ3) is 2.72. The number of nitriles is 1. The predicted molar refractivity (Wildman–Crippen MR) is 73.0 cm³/mol. The SMILES string of the molecule is CC(c1ccc(C#N)cc1)N1CCCCC1CN. The summed E-state index contributed by atoms with van der Waals surface area (Å²) in [4.78, 5) is 2.50. The zero-order valence-electron chi connectivity index (χ0n) is 11.0. The minimum absolute atomic E-state index is 0.381. The number of nitrogens with zero attached hydrogens (tertiary/aromatic N) is 2. The van der Waals surface area contributed by atoms with Gasteiger partial charge in [0.15, 0.2) is 0 Å². The largest absolute Gasteiger partial charge is 0.329 e. The van der Waals surface area contributed by atoms with Crippen molar-refractivity contribution in [1.29, 1.82) is 5.26 Å². The van der Waals surface area contributed by atoms with Crippen LogP contribution in [0.4, 0.5) is 0 Å². The molecule has 1 saturated heterocycles. The van der Waals surface area contributed by atoms with E-state index < -0.39 is 0 Å². The van der Waals surface area contributed by atoms with Crippen LogP contribution in [0, 0.1) is 11.3 Å². The standard InChI is InChI=1S/C15H21N3/c1-12(14-7-5-13(10-16)6-8-14)18-9-3-2-4-15(18)11-17/h5-8,12,15H,2-4,9,11,17H2,1H3. The van der Waals surface area contributed by atoms with Crippen LogP contribution in [0.25, 0.3) is 0 Å². The molecule has 96 valence electrons. The Bertz CT molecular complexity index is 418. The van der Waals surface area contributed by atoms with Gasteiger partial charge in [0, 0.05) is 18.6 Å². The van der Waals surface area contributed by atoms with E-state index in [1.165, 1.54) is 24.8 Å². The Balaban J connectivity index is 2.13. The van der Waals surface area contributed by atoms with E-state index in [0.717, 1.165) is 18.7 Å². The maximum absolute atomic E-state index is 8.82. The molecule has 2 rings (SSSR count). The molecule has 0 amide bonds. The lowest BCUT2D eigenvalue weighted by molar-refractivity contribution is 0.108. The van der Waals surface area contributed by atoms with Crippen molar-refractivity contribution in [1.82, 2.24) is 4.90 Å². The lowest BCUT2D eigenvalue weighted by atomic mass is 9.97. The Kier molecular flexibility index (Phi) is 4.35. The number of likely N-dealkylation sites (tertiary alicyclic amines) is 1. The number of benzene rings is 1. The van der Waals surface area contributed by atoms with E-state index in [-0.39, 0.29) is 0 Å². The summed E-state index contributed by atoms with van der Waals surface area (Å²) in [6.07, 6.45) is 3.76. The monoisotopic (exact) mass is 243 g/mol. The van der Waals surface area contributed by atoms with Crippen LogP contribution in [0.3, 0.4) is 0 Å². The van der Waals surface area contributed by atoms with E-state index >= 15 is 0 Å². The molecule has 1 aliphatic heterocycles. The molecule has 0 aromatic heterocycles. The maximum Gasteiger partial charge on any atom is 0.0991 e. The quantitative estimate of drug-likeness (QED) is 0.887. The molecule has 1 fully saturated rings. The molecule has 1 heterocycles. The van der Waals surface area contributed by atoms with Gasteiger partial charge >= 0.3 is 0 Å². The first-order chi connectivity index (χ1) is 8.76. The summed E-state index contributed by atoms with van der Waals surface area (Å²) in [5.41, 5.74) is 7.87. The Morgan fingerprint density at radius 3 is 2.72 bits per heavy atom. The summed E-state index contributed by atoms with van der Waals surface area (Å²) < 4.78 is 0. The van der Waals surface area contributed by atoms with Crippen LogP contribution in [0.5, 0.6) is 0 Å². The van der Waals surface area contributed by atoms with Gasteiger partial charge < -0.3 is 5.73 Å². The summed E-state index contributed by atoms with van der Waals surface area (Å²) in [6.45, 7) is 4.10. The summed E-state index contributed by atoms with van der Waals surface area (Å²) in [7, 11) is 0. The molecule has 2 N–H and O–H groups in total. The predicted octanol–water partition coefficient (Wildman–Crippen LogP) is 2.43. The number of hydrogen-bond donors (Lipinski definition) is 1. The van der Waals surface area contributed by atoms with Crippen LogP contribution in [-0.4, -0.2) is 24.0 Å². The first kappa shape index (κ1) is 13.1. The molecule has 0 bridgehead atoms. The molecule has 0 saturated carbocycles. The maximum atomic E-state index is 8.82. The van der Waals surface area contributed by atoms with Gasteiger partial charge in [-0.15, -0.1) is 0 Å². The fourth-order valence-electron chi connectivity index (χ4n) is 2.81. The highest BCUT2D eigenvalue weighted by Crippen LogP contribution is 2.27. The molecule has 1 aromatic rings. The van der Waals surface area contributed by atoms with Crippen LogP contribution < -0.4 is 5.73 Å². The van der Waals surface area contributed by atoms with E-state index in [4.69, 9.17) is 11.0 Å². The van der Waals surface area contributed by atoms with Gasteiger partial charge in [0.05, 0.1) is 11.6 Å². The zero-order chi connectivity index (χ0) is 13.0. The number of rotatable bonds is 3. The van der Waals surface area contributed by atoms with Gasteiger partial charge in [0.2, 0.25) is 0 Å². The van der Waals surface area contributed by atoms with Gasteiger partial charge in [-0.3, -0.25) is 4.90 Å². The first-order valence-corrected chi connectivity index (χ1v) is 6.72. The summed E-state index contributed by atoms with van der Waals surface area (Å²) in [5, 5.41) is 8.82. The van der Waals surface area contributed by atoms with Gasteiger partial charge in [-0.2, -0.15) is 5.26 Å². The highest BCUT2D eigenvalue weighted by Gasteiger charge is 2.26. The molecule has 0 spiro atoms. The van der Waals surface area contributed by atoms with Crippen molar-refractivity contribution in [2.75, 3.05) is 13.1 Å². The van der Waals surface area contributed by atoms with Crippen LogP contribution in [-0.2, 0) is 0 Å². The average molecular weight is 243 g/mol. The van der Waals surface area contributed by atoms with Gasteiger partial charge in [0.1, 0.15) is 0 Å². The molecule has 1 aromatic carbocycles. The van der Waals surface area contributed by atoms with Crippen molar-refractivity contribution in [3.63, 3.8) is 0 Å². The second-order valence-corrected chi connectivity index (χ2v) is 5.03. The van der Waals surface area contributed by atoms with Crippen LogP contribution in [0.2, 0.25) is 0 Å². The first-order valence-electron chi connectivity index (χ1n) is 6.72. The average Bonchev–Trinajstić information content (AvgIpc) is 2.46. The van der Waals surface area contributed by atoms with E-state index in [9.17, 15) is 0 Å². The second kappa shape index (κ2) is 5.99. The van der Waals surface area contributed by atoms with Crippen molar-refractivity contribution in [3.8, 4) is 6.07 Å². The van der Waals surface area contributed by atoms with Gasteiger partial charge in [0.25, 0.3) is 0 Å². The van der Waals surface area contributed by atoms with E-state index in [1.54, 1.807) is 0 Å². The lowest BCUT2D eigenvalue weighted by Crippen LogP contribution is -2.45. The van der Waals surface area contributed by atoms with Gasteiger partial charge in [-0.1, -0.05) is 18.6 Å². The third-order valence-corrected chi connectivity index (χ3v) is 3.96. The molecule has 18 heavy (non-hydrogen) atoms. The summed E-state index contributed by atoms with van der Waals surface area (Å²) in [5.74, 6) is 0. The molecular formula is C15H21N3. The Labute approximate surface area is 109 Å². The number of nitrogens with two attached hydrogens (primary N) is 1. The second-order valence-electron chi connectivity index (χ2n) is 5.03. The highest BCUT2D eigenvalue weighted by molar-refractivity contribution is 5.32. The van der Waals surface area contributed by atoms with Crippen molar-refractivity contribution in [3.05, 3.63) is 35.4 Å². The Hall–Kier alpha value is -1.37. The third-order valence-electron chi connectivity index (χ3n) is 3.96. The molecule has 2 atom stereocenters. The van der Waals surface area contributed by atoms with Crippen molar-refractivity contribution >= 4 is 0 Å². The Morgan fingerprint density at radius 1 is 1.39 bits per heavy atom. The molecule has 3 nitrogen and oxygen atoms in total. The smallest absolute Gasteiger partial charge is 0.0991 e. The minimum Gasteiger partial charge on any atom is -0.329 e. The minimum atomic E-state index is 0.381. The van der Waals surface area contributed by atoms with E-state index in [1.807, 2.05) is 12.1 Å². The lowest BCUT2D eigenvalue weighted by Gasteiger charge is -2.39. The fraction of sp³-hybridized carbons (Fsp3) is 0.533. The van der Waals surface area contributed by atoms with Crippen molar-refractivity contribution in [2.45, 2.75) is 38.3 Å². The molecule has 2 unspecified atom stereocenters. The van der Waals surface area contributed by atoms with Crippen molar-refractivity contribution < 1.29 is 0 Å². The molecule has 0 radical (unpaired) electrons. The fourth-order valence-corrected chi connectivity index (χ4v) is 2.81. The molecule has 1 aliphatic rings. The van der Waals surface area contributed by atoms with Gasteiger partial charge in [-0.25, -0.2) is 0 Å². The number of piperidine rings is 1.